The third-order valence-electron chi connectivity index (χ3n) is 4.79. The van der Waals surface area contributed by atoms with Crippen molar-refractivity contribution in [1.29, 1.82) is 0 Å². The van der Waals surface area contributed by atoms with Gasteiger partial charge in [0.25, 0.3) is 0 Å². The molecule has 136 valence electrons. The van der Waals surface area contributed by atoms with Gasteiger partial charge in [-0.15, -0.1) is 0 Å². The van der Waals surface area contributed by atoms with E-state index < -0.39 is 5.97 Å². The van der Waals surface area contributed by atoms with E-state index >= 15 is 0 Å². The van der Waals surface area contributed by atoms with Crippen LogP contribution in [0.5, 0.6) is 0 Å². The Bertz CT molecular complexity index is 1110. The van der Waals surface area contributed by atoms with Gasteiger partial charge in [0.05, 0.1) is 17.1 Å². The molecule has 0 aliphatic carbocycles. The molecule has 5 heteroatoms. The van der Waals surface area contributed by atoms with Gasteiger partial charge in [-0.1, -0.05) is 79.8 Å². The average molecular weight is 376 g/mol. The number of imidazole rings is 1. The van der Waals surface area contributed by atoms with Gasteiger partial charge in [-0.25, -0.2) is 9.78 Å². The first-order valence-corrected chi connectivity index (χ1v) is 9.87. The number of aryl methyl sites for hydroxylation is 2. The van der Waals surface area contributed by atoms with E-state index in [1.807, 2.05) is 34.7 Å². The highest BCUT2D eigenvalue weighted by Gasteiger charge is 2.24. The Hall–Kier alpha value is -2.92. The van der Waals surface area contributed by atoms with Crippen LogP contribution in [0.1, 0.15) is 34.8 Å². The minimum atomic E-state index is -0.916. The molecule has 0 unspecified atom stereocenters. The van der Waals surface area contributed by atoms with Crippen molar-refractivity contribution >= 4 is 22.3 Å². The number of fused-ring (bicyclic) bond motifs is 1. The molecule has 4 aromatic rings. The topological polar surface area (TPSA) is 54.6 Å². The summed E-state index contributed by atoms with van der Waals surface area (Å²) in [6.07, 6.45) is 1.76. The highest BCUT2D eigenvalue weighted by atomic mass is 32.1. The number of aromatic nitrogens is 2. The molecule has 0 atom stereocenters. The maximum atomic E-state index is 11.9. The van der Waals surface area contributed by atoms with Gasteiger partial charge in [0.1, 0.15) is 4.88 Å². The van der Waals surface area contributed by atoms with E-state index in [1.165, 1.54) is 16.9 Å². The SMILES string of the molecule is CCc1ccc(-c2nc3sc(C(=O)O)c(-c4ccccc4)n3c2CC)cc1. The fourth-order valence-electron chi connectivity index (χ4n) is 3.43. The molecule has 0 aliphatic heterocycles. The Labute approximate surface area is 161 Å². The number of carbonyl (C=O) groups is 1. The molecule has 0 bridgehead atoms. The molecule has 1 N–H and O–H groups in total. The summed E-state index contributed by atoms with van der Waals surface area (Å²) >= 11 is 1.23. The van der Waals surface area contributed by atoms with Crippen LogP contribution in [0.3, 0.4) is 0 Å². The molecule has 27 heavy (non-hydrogen) atoms. The Morgan fingerprint density at radius 1 is 1.00 bits per heavy atom. The molecule has 0 radical (unpaired) electrons. The average Bonchev–Trinajstić information content (AvgIpc) is 3.24. The van der Waals surface area contributed by atoms with Crippen molar-refractivity contribution in [2.45, 2.75) is 26.7 Å². The molecule has 0 saturated carbocycles. The summed E-state index contributed by atoms with van der Waals surface area (Å²) in [6, 6.07) is 18.1. The lowest BCUT2D eigenvalue weighted by Crippen LogP contribution is -2.00. The van der Waals surface area contributed by atoms with E-state index in [-0.39, 0.29) is 0 Å². The molecule has 2 aromatic heterocycles. The smallest absolute Gasteiger partial charge is 0.348 e. The van der Waals surface area contributed by atoms with Gasteiger partial charge in [-0.2, -0.15) is 0 Å². The van der Waals surface area contributed by atoms with Crippen LogP contribution >= 0.6 is 11.3 Å². The molecule has 4 nitrogen and oxygen atoms in total. The zero-order chi connectivity index (χ0) is 19.0. The van der Waals surface area contributed by atoms with E-state index in [1.54, 1.807) is 0 Å². The van der Waals surface area contributed by atoms with Crippen molar-refractivity contribution in [3.8, 4) is 22.5 Å². The summed E-state index contributed by atoms with van der Waals surface area (Å²) in [5, 5.41) is 9.72. The van der Waals surface area contributed by atoms with Crippen LogP contribution in [-0.2, 0) is 12.8 Å². The van der Waals surface area contributed by atoms with Gasteiger partial charge in [0.2, 0.25) is 0 Å². The number of rotatable bonds is 5. The first-order valence-electron chi connectivity index (χ1n) is 9.06. The number of hydrogen-bond acceptors (Lipinski definition) is 3. The van der Waals surface area contributed by atoms with Crippen LogP contribution in [-0.4, -0.2) is 20.5 Å². The maximum absolute atomic E-state index is 11.9. The van der Waals surface area contributed by atoms with Crippen LogP contribution in [0.4, 0.5) is 0 Å². The number of nitrogens with zero attached hydrogens (tertiary/aromatic N) is 2. The molecular weight excluding hydrogens is 356 g/mol. The largest absolute Gasteiger partial charge is 0.477 e. The molecular formula is C22H20N2O2S. The molecule has 0 aliphatic rings. The van der Waals surface area contributed by atoms with Gasteiger partial charge in [0.15, 0.2) is 4.96 Å². The van der Waals surface area contributed by atoms with E-state index in [9.17, 15) is 9.90 Å². The molecule has 2 heterocycles. The fourth-order valence-corrected chi connectivity index (χ4v) is 4.43. The third kappa shape index (κ3) is 2.94. The van der Waals surface area contributed by atoms with E-state index in [0.717, 1.165) is 40.3 Å². The summed E-state index contributed by atoms with van der Waals surface area (Å²) in [4.78, 5) is 17.7. The molecule has 0 fully saturated rings. The van der Waals surface area contributed by atoms with Crippen molar-refractivity contribution < 1.29 is 9.90 Å². The van der Waals surface area contributed by atoms with Gasteiger partial charge in [-0.3, -0.25) is 4.40 Å². The molecule has 0 saturated heterocycles. The van der Waals surface area contributed by atoms with Crippen molar-refractivity contribution in [3.63, 3.8) is 0 Å². The van der Waals surface area contributed by atoms with Crippen LogP contribution < -0.4 is 0 Å². The number of thiazole rings is 1. The van der Waals surface area contributed by atoms with Crippen LogP contribution in [0, 0.1) is 0 Å². The lowest BCUT2D eigenvalue weighted by molar-refractivity contribution is 0.0702. The highest BCUT2D eigenvalue weighted by molar-refractivity contribution is 7.19. The Balaban J connectivity index is 1.99. The van der Waals surface area contributed by atoms with E-state index in [0.29, 0.717) is 10.6 Å². The molecule has 0 spiro atoms. The quantitative estimate of drug-likeness (QED) is 0.497. The second kappa shape index (κ2) is 7.00. The Morgan fingerprint density at radius 2 is 1.70 bits per heavy atom. The molecule has 2 aromatic carbocycles. The summed E-state index contributed by atoms with van der Waals surface area (Å²) < 4.78 is 2.02. The Morgan fingerprint density at radius 3 is 2.30 bits per heavy atom. The van der Waals surface area contributed by atoms with E-state index in [2.05, 4.69) is 38.1 Å². The minimum Gasteiger partial charge on any atom is -0.477 e. The van der Waals surface area contributed by atoms with Crippen molar-refractivity contribution in [2.75, 3.05) is 0 Å². The summed E-state index contributed by atoms with van der Waals surface area (Å²) in [5.41, 5.74) is 5.93. The van der Waals surface area contributed by atoms with Crippen molar-refractivity contribution in [1.82, 2.24) is 9.38 Å². The number of aromatic carboxylic acids is 1. The van der Waals surface area contributed by atoms with Gasteiger partial charge >= 0.3 is 5.97 Å². The van der Waals surface area contributed by atoms with E-state index in [4.69, 9.17) is 4.98 Å². The number of benzene rings is 2. The van der Waals surface area contributed by atoms with Crippen LogP contribution in [0.15, 0.2) is 54.6 Å². The number of carboxylic acids is 1. The maximum Gasteiger partial charge on any atom is 0.348 e. The van der Waals surface area contributed by atoms with Gasteiger partial charge in [-0.05, 0) is 18.4 Å². The predicted octanol–water partition coefficient (Wildman–Crippen LogP) is 5.55. The highest BCUT2D eigenvalue weighted by Crippen LogP contribution is 2.37. The minimum absolute atomic E-state index is 0.325. The van der Waals surface area contributed by atoms with Crippen molar-refractivity contribution in [2.24, 2.45) is 0 Å². The first kappa shape index (κ1) is 17.5. The van der Waals surface area contributed by atoms with Crippen LogP contribution in [0.25, 0.3) is 27.5 Å². The normalized spacial score (nSPS) is 11.2. The zero-order valence-electron chi connectivity index (χ0n) is 15.3. The van der Waals surface area contributed by atoms with Crippen molar-refractivity contribution in [3.05, 3.63) is 70.7 Å². The fraction of sp³-hybridized carbons (Fsp3) is 0.182. The number of carboxylic acid groups (broad SMARTS) is 1. The summed E-state index contributed by atoms with van der Waals surface area (Å²) in [5.74, 6) is -0.916. The molecule has 4 rings (SSSR count). The third-order valence-corrected chi connectivity index (χ3v) is 5.81. The standard InChI is InChI=1S/C22H20N2O2S/c1-3-14-10-12-15(13-11-14)18-17(4-2)24-19(16-8-6-5-7-9-16)20(21(25)26)27-22(24)23-18/h5-13H,3-4H2,1-2H3,(H,25,26). The second-order valence-electron chi connectivity index (χ2n) is 6.38. The monoisotopic (exact) mass is 376 g/mol. The Kier molecular flexibility index (Phi) is 4.54. The first-order chi connectivity index (χ1) is 13.1. The second-order valence-corrected chi connectivity index (χ2v) is 7.36. The van der Waals surface area contributed by atoms with Gasteiger partial charge in [0, 0.05) is 11.1 Å². The van der Waals surface area contributed by atoms with Crippen LogP contribution in [0.2, 0.25) is 0 Å². The zero-order valence-corrected chi connectivity index (χ0v) is 16.1. The lowest BCUT2D eigenvalue weighted by Gasteiger charge is -2.07. The number of hydrogen-bond donors (Lipinski definition) is 1. The lowest BCUT2D eigenvalue weighted by atomic mass is 10.1. The summed E-state index contributed by atoms with van der Waals surface area (Å²) in [7, 11) is 0. The molecule has 0 amide bonds. The predicted molar refractivity (Wildman–Crippen MR) is 110 cm³/mol. The summed E-state index contributed by atoms with van der Waals surface area (Å²) in [6.45, 7) is 4.22. The van der Waals surface area contributed by atoms with Gasteiger partial charge < -0.3 is 5.11 Å².